The van der Waals surface area contributed by atoms with Crippen LogP contribution in [0.1, 0.15) is 15.9 Å². The largest absolute Gasteiger partial charge is 0.337 e. The van der Waals surface area contributed by atoms with Crippen molar-refractivity contribution in [2.45, 2.75) is 5.79 Å². The van der Waals surface area contributed by atoms with Gasteiger partial charge in [-0.2, -0.15) is 0 Å². The van der Waals surface area contributed by atoms with Gasteiger partial charge in [0, 0.05) is 11.1 Å². The van der Waals surface area contributed by atoms with Crippen molar-refractivity contribution in [3.8, 4) is 11.1 Å². The Morgan fingerprint density at radius 1 is 0.789 bits per heavy atom. The number of ether oxygens (including phenoxy) is 2. The summed E-state index contributed by atoms with van der Waals surface area (Å²) in [7, 11) is 0. The monoisotopic (exact) mass is 252 g/mol. The number of carbonyl (C=O) groups excluding carboxylic acids is 1. The van der Waals surface area contributed by atoms with E-state index >= 15 is 0 Å². The van der Waals surface area contributed by atoms with Crippen LogP contribution in [0.3, 0.4) is 0 Å². The van der Waals surface area contributed by atoms with Gasteiger partial charge in [0.05, 0.1) is 13.2 Å². The Morgan fingerprint density at radius 2 is 1.37 bits per heavy atom. The van der Waals surface area contributed by atoms with Crippen LogP contribution in [0.5, 0.6) is 0 Å². The van der Waals surface area contributed by atoms with Crippen LogP contribution >= 0.6 is 0 Å². The van der Waals surface area contributed by atoms with Crippen LogP contribution in [0.25, 0.3) is 11.1 Å². The molecule has 1 spiro atoms. The number of fused-ring (bicyclic) bond motifs is 4. The highest BCUT2D eigenvalue weighted by molar-refractivity contribution is 6.11. The van der Waals surface area contributed by atoms with Crippen LogP contribution < -0.4 is 0 Å². The van der Waals surface area contributed by atoms with Crippen molar-refractivity contribution in [3.05, 3.63) is 59.7 Å². The van der Waals surface area contributed by atoms with Gasteiger partial charge in [0.1, 0.15) is 0 Å². The molecule has 1 aliphatic carbocycles. The van der Waals surface area contributed by atoms with E-state index in [-0.39, 0.29) is 5.78 Å². The highest BCUT2D eigenvalue weighted by atomic mass is 16.7. The Balaban J connectivity index is 2.07. The summed E-state index contributed by atoms with van der Waals surface area (Å²) >= 11 is 0. The van der Waals surface area contributed by atoms with Crippen LogP contribution in [0, 0.1) is 0 Å². The lowest BCUT2D eigenvalue weighted by Gasteiger charge is -2.33. The standard InChI is InChI=1S/C16H12O3/c17-15-13-7-2-1-5-11(13)12-6-3-4-8-14(12)16(15)18-9-10-19-16/h1-8H,9-10H2. The summed E-state index contributed by atoms with van der Waals surface area (Å²) < 4.78 is 11.4. The molecule has 2 aliphatic rings. The van der Waals surface area contributed by atoms with Crippen LogP contribution in [-0.4, -0.2) is 19.0 Å². The van der Waals surface area contributed by atoms with Crippen molar-refractivity contribution in [1.29, 1.82) is 0 Å². The molecule has 4 rings (SSSR count). The first-order chi connectivity index (χ1) is 9.33. The van der Waals surface area contributed by atoms with Crippen molar-refractivity contribution in [2.24, 2.45) is 0 Å². The van der Waals surface area contributed by atoms with E-state index in [4.69, 9.17) is 9.47 Å². The van der Waals surface area contributed by atoms with Gasteiger partial charge in [0.15, 0.2) is 0 Å². The van der Waals surface area contributed by atoms with Gasteiger partial charge in [-0.15, -0.1) is 0 Å². The molecule has 0 saturated carbocycles. The van der Waals surface area contributed by atoms with E-state index in [1.807, 2.05) is 48.5 Å². The van der Waals surface area contributed by atoms with E-state index in [1.54, 1.807) is 0 Å². The molecule has 19 heavy (non-hydrogen) atoms. The summed E-state index contributed by atoms with van der Waals surface area (Å²) in [5, 5.41) is 0. The Labute approximate surface area is 110 Å². The molecule has 0 N–H and O–H groups in total. The first kappa shape index (κ1) is 10.9. The molecule has 0 unspecified atom stereocenters. The molecule has 0 atom stereocenters. The van der Waals surface area contributed by atoms with Crippen LogP contribution in [0.2, 0.25) is 0 Å². The summed E-state index contributed by atoms with van der Waals surface area (Å²) in [5.41, 5.74) is 3.45. The van der Waals surface area contributed by atoms with Gasteiger partial charge in [-0.3, -0.25) is 4.79 Å². The van der Waals surface area contributed by atoms with Crippen molar-refractivity contribution < 1.29 is 14.3 Å². The third-order valence-corrected chi connectivity index (χ3v) is 3.74. The minimum absolute atomic E-state index is 0.0979. The molecule has 0 amide bonds. The van der Waals surface area contributed by atoms with Gasteiger partial charge in [-0.25, -0.2) is 0 Å². The predicted molar refractivity (Wildman–Crippen MR) is 69.8 cm³/mol. The molecular formula is C16H12O3. The van der Waals surface area contributed by atoms with Crippen LogP contribution in [0.15, 0.2) is 48.5 Å². The summed E-state index contributed by atoms with van der Waals surface area (Å²) in [6.07, 6.45) is 0. The smallest absolute Gasteiger partial charge is 0.262 e. The lowest BCUT2D eigenvalue weighted by Crippen LogP contribution is -2.40. The second-order valence-corrected chi connectivity index (χ2v) is 4.73. The molecule has 2 aromatic rings. The maximum atomic E-state index is 12.8. The minimum Gasteiger partial charge on any atom is -0.337 e. The first-order valence-corrected chi connectivity index (χ1v) is 6.34. The van der Waals surface area contributed by atoms with E-state index in [2.05, 4.69) is 0 Å². The van der Waals surface area contributed by atoms with Gasteiger partial charge in [0.2, 0.25) is 5.78 Å². The van der Waals surface area contributed by atoms with E-state index in [9.17, 15) is 4.79 Å². The van der Waals surface area contributed by atoms with Gasteiger partial charge in [-0.1, -0.05) is 48.5 Å². The summed E-state index contributed by atoms with van der Waals surface area (Å²) in [5.74, 6) is -1.33. The number of hydrogen-bond acceptors (Lipinski definition) is 3. The Kier molecular flexibility index (Phi) is 2.16. The number of carbonyl (C=O) groups is 1. The van der Waals surface area contributed by atoms with Crippen molar-refractivity contribution in [3.63, 3.8) is 0 Å². The Bertz CT molecular complexity index is 669. The lowest BCUT2D eigenvalue weighted by atomic mass is 9.81. The fourth-order valence-corrected chi connectivity index (χ4v) is 2.92. The number of benzene rings is 2. The second-order valence-electron chi connectivity index (χ2n) is 4.73. The second kappa shape index (κ2) is 3.76. The average Bonchev–Trinajstić information content (AvgIpc) is 2.96. The fourth-order valence-electron chi connectivity index (χ4n) is 2.92. The molecule has 2 aromatic carbocycles. The Hall–Kier alpha value is -1.97. The van der Waals surface area contributed by atoms with Gasteiger partial charge >= 0.3 is 0 Å². The number of Topliss-reactive ketones (excluding diaryl/α,β-unsaturated/α-hetero) is 1. The molecule has 0 bridgehead atoms. The molecule has 1 heterocycles. The molecule has 1 aliphatic heterocycles. The highest BCUT2D eigenvalue weighted by Gasteiger charge is 2.51. The zero-order valence-corrected chi connectivity index (χ0v) is 10.3. The first-order valence-electron chi connectivity index (χ1n) is 6.34. The normalized spacial score (nSPS) is 19.3. The van der Waals surface area contributed by atoms with E-state index in [1.165, 1.54) is 0 Å². The molecular weight excluding hydrogens is 240 g/mol. The topological polar surface area (TPSA) is 35.5 Å². The highest BCUT2D eigenvalue weighted by Crippen LogP contribution is 2.46. The van der Waals surface area contributed by atoms with Gasteiger partial charge < -0.3 is 9.47 Å². The van der Waals surface area contributed by atoms with Gasteiger partial charge in [-0.05, 0) is 11.1 Å². The molecule has 1 saturated heterocycles. The predicted octanol–water partition coefficient (Wildman–Crippen LogP) is 2.75. The SMILES string of the molecule is O=C1c2ccccc2-c2ccccc2C12OCCO2. The number of hydrogen-bond donors (Lipinski definition) is 0. The van der Waals surface area contributed by atoms with Gasteiger partial charge in [0.25, 0.3) is 5.79 Å². The van der Waals surface area contributed by atoms with Crippen molar-refractivity contribution in [1.82, 2.24) is 0 Å². The van der Waals surface area contributed by atoms with Crippen LogP contribution in [-0.2, 0) is 15.3 Å². The molecule has 0 radical (unpaired) electrons. The quantitative estimate of drug-likeness (QED) is 0.723. The van der Waals surface area contributed by atoms with E-state index in [0.717, 1.165) is 16.7 Å². The maximum Gasteiger partial charge on any atom is 0.262 e. The fraction of sp³-hybridized carbons (Fsp3) is 0.188. The molecule has 3 nitrogen and oxygen atoms in total. The van der Waals surface area contributed by atoms with E-state index in [0.29, 0.717) is 18.8 Å². The van der Waals surface area contributed by atoms with E-state index < -0.39 is 5.79 Å². The summed E-state index contributed by atoms with van der Waals surface area (Å²) in [6.45, 7) is 0.893. The van der Waals surface area contributed by atoms with Crippen molar-refractivity contribution in [2.75, 3.05) is 13.2 Å². The molecule has 94 valence electrons. The minimum atomic E-state index is -1.23. The molecule has 1 fully saturated rings. The Morgan fingerprint density at radius 3 is 2.11 bits per heavy atom. The molecule has 0 aromatic heterocycles. The lowest BCUT2D eigenvalue weighted by molar-refractivity contribution is -0.126. The number of rotatable bonds is 0. The zero-order chi connectivity index (χ0) is 12.9. The summed E-state index contributed by atoms with van der Waals surface area (Å²) in [6, 6.07) is 15.4. The number of ketones is 1. The molecule has 3 heteroatoms. The van der Waals surface area contributed by atoms with Crippen LogP contribution in [0.4, 0.5) is 0 Å². The zero-order valence-electron chi connectivity index (χ0n) is 10.3. The summed E-state index contributed by atoms with van der Waals surface area (Å²) in [4.78, 5) is 12.8. The maximum absolute atomic E-state index is 12.8. The third-order valence-electron chi connectivity index (χ3n) is 3.74. The average molecular weight is 252 g/mol. The third kappa shape index (κ3) is 1.31. The van der Waals surface area contributed by atoms with Crippen molar-refractivity contribution >= 4 is 5.78 Å².